The van der Waals surface area contributed by atoms with Crippen molar-refractivity contribution in [1.82, 2.24) is 10.2 Å². The molecule has 2 aliphatic rings. The lowest BCUT2D eigenvalue weighted by atomic mass is 9.85. The molecule has 1 N–H and O–H groups in total. The number of likely N-dealkylation sites (N-methyl/N-ethyl adjacent to an activating group) is 1. The summed E-state index contributed by atoms with van der Waals surface area (Å²) in [6.45, 7) is 2.15. The number of nitrogens with zero attached hydrogens (tertiary/aromatic N) is 1. The Morgan fingerprint density at radius 3 is 2.70 bits per heavy atom. The summed E-state index contributed by atoms with van der Waals surface area (Å²) in [6.07, 6.45) is 7.06. The van der Waals surface area contributed by atoms with Gasteiger partial charge in [-0.05, 0) is 49.9 Å². The number of hydrogen-bond acceptors (Lipinski definition) is 2. The first-order chi connectivity index (χ1) is 9.70. The van der Waals surface area contributed by atoms with E-state index >= 15 is 0 Å². The topological polar surface area (TPSA) is 15.3 Å². The van der Waals surface area contributed by atoms with E-state index in [9.17, 15) is 0 Å². The van der Waals surface area contributed by atoms with Crippen LogP contribution in [0.2, 0.25) is 5.02 Å². The van der Waals surface area contributed by atoms with Crippen LogP contribution in [-0.4, -0.2) is 30.6 Å². The van der Waals surface area contributed by atoms with E-state index in [1.54, 1.807) is 0 Å². The van der Waals surface area contributed by atoms with Crippen LogP contribution < -0.4 is 5.32 Å². The van der Waals surface area contributed by atoms with Gasteiger partial charge in [-0.3, -0.25) is 0 Å². The summed E-state index contributed by atoms with van der Waals surface area (Å²) in [4.78, 5) is 2.43. The van der Waals surface area contributed by atoms with Gasteiger partial charge in [0.1, 0.15) is 0 Å². The zero-order valence-corrected chi connectivity index (χ0v) is 13.1. The molecule has 3 heteroatoms. The third-order valence-corrected chi connectivity index (χ3v) is 5.10. The summed E-state index contributed by atoms with van der Waals surface area (Å²) in [5.74, 6) is 0.942. The zero-order chi connectivity index (χ0) is 13.9. The van der Waals surface area contributed by atoms with E-state index in [4.69, 9.17) is 11.6 Å². The van der Waals surface area contributed by atoms with Gasteiger partial charge in [-0.1, -0.05) is 36.6 Å². The molecule has 0 spiro atoms. The molecule has 1 heterocycles. The molecule has 0 aromatic heterocycles. The van der Waals surface area contributed by atoms with Gasteiger partial charge in [0.2, 0.25) is 0 Å². The molecule has 1 saturated heterocycles. The summed E-state index contributed by atoms with van der Waals surface area (Å²) < 4.78 is 0. The molecular formula is C17H25ClN2. The van der Waals surface area contributed by atoms with Crippen molar-refractivity contribution in [3.05, 3.63) is 34.9 Å². The maximum Gasteiger partial charge on any atom is 0.0406 e. The third-order valence-electron chi connectivity index (χ3n) is 4.84. The van der Waals surface area contributed by atoms with Crippen LogP contribution in [0.4, 0.5) is 0 Å². The molecule has 0 bridgehead atoms. The Labute approximate surface area is 127 Å². The highest BCUT2D eigenvalue weighted by atomic mass is 35.5. The molecule has 1 aromatic carbocycles. The van der Waals surface area contributed by atoms with Crippen LogP contribution in [-0.2, 0) is 6.54 Å². The van der Waals surface area contributed by atoms with Crippen molar-refractivity contribution in [2.75, 3.05) is 13.6 Å². The largest absolute Gasteiger partial charge is 0.310 e. The summed E-state index contributed by atoms with van der Waals surface area (Å²) in [5.41, 5.74) is 1.34. The lowest BCUT2D eigenvalue weighted by molar-refractivity contribution is 0.288. The standard InChI is InChI=1S/C17H25ClN2/c1-20(11-13-6-8-15(18)9-7-13)12-16-10-14-4-2-3-5-17(14)19-16/h6-9,14,16-17,19H,2-5,10-12H2,1H3. The van der Waals surface area contributed by atoms with Crippen molar-refractivity contribution in [1.29, 1.82) is 0 Å². The van der Waals surface area contributed by atoms with E-state index in [2.05, 4.69) is 29.4 Å². The van der Waals surface area contributed by atoms with Gasteiger partial charge in [0.05, 0.1) is 0 Å². The number of halogens is 1. The molecule has 20 heavy (non-hydrogen) atoms. The molecule has 3 unspecified atom stereocenters. The fourth-order valence-electron chi connectivity index (χ4n) is 3.91. The molecule has 0 radical (unpaired) electrons. The number of fused-ring (bicyclic) bond motifs is 1. The average Bonchev–Trinajstić information content (AvgIpc) is 2.83. The van der Waals surface area contributed by atoms with Gasteiger partial charge in [-0.25, -0.2) is 0 Å². The normalized spacial score (nSPS) is 29.6. The highest BCUT2D eigenvalue weighted by Gasteiger charge is 2.35. The molecule has 3 atom stereocenters. The van der Waals surface area contributed by atoms with Gasteiger partial charge < -0.3 is 10.2 Å². The van der Waals surface area contributed by atoms with Gasteiger partial charge in [0, 0.05) is 30.2 Å². The van der Waals surface area contributed by atoms with Gasteiger partial charge >= 0.3 is 0 Å². The zero-order valence-electron chi connectivity index (χ0n) is 12.3. The van der Waals surface area contributed by atoms with Crippen LogP contribution in [0.3, 0.4) is 0 Å². The van der Waals surface area contributed by atoms with E-state index in [0.717, 1.165) is 30.1 Å². The highest BCUT2D eigenvalue weighted by molar-refractivity contribution is 6.30. The second-order valence-electron chi connectivity index (χ2n) is 6.57. The molecule has 1 saturated carbocycles. The Kier molecular flexibility index (Phi) is 4.65. The molecule has 2 nitrogen and oxygen atoms in total. The first-order valence-electron chi connectivity index (χ1n) is 7.90. The number of hydrogen-bond donors (Lipinski definition) is 1. The Morgan fingerprint density at radius 1 is 1.20 bits per heavy atom. The smallest absolute Gasteiger partial charge is 0.0406 e. The maximum atomic E-state index is 5.93. The number of rotatable bonds is 4. The second kappa shape index (κ2) is 6.46. The SMILES string of the molecule is CN(Cc1ccc(Cl)cc1)CC1CC2CCCCC2N1. The maximum absolute atomic E-state index is 5.93. The van der Waals surface area contributed by atoms with Gasteiger partial charge in [0.25, 0.3) is 0 Å². The average molecular weight is 293 g/mol. The fraction of sp³-hybridized carbons (Fsp3) is 0.647. The van der Waals surface area contributed by atoms with Crippen molar-refractivity contribution < 1.29 is 0 Å². The molecule has 0 amide bonds. The minimum atomic E-state index is 0.681. The Bertz CT molecular complexity index is 417. The fourth-order valence-corrected chi connectivity index (χ4v) is 4.04. The van der Waals surface area contributed by atoms with E-state index in [0.29, 0.717) is 6.04 Å². The van der Waals surface area contributed by atoms with E-state index in [1.165, 1.54) is 37.7 Å². The van der Waals surface area contributed by atoms with Crippen LogP contribution in [0.15, 0.2) is 24.3 Å². The van der Waals surface area contributed by atoms with Gasteiger partial charge in [-0.2, -0.15) is 0 Å². The molecule has 1 aliphatic carbocycles. The predicted molar refractivity (Wildman–Crippen MR) is 85.1 cm³/mol. The van der Waals surface area contributed by atoms with Gasteiger partial charge in [0.15, 0.2) is 0 Å². The van der Waals surface area contributed by atoms with Crippen molar-refractivity contribution in [3.8, 4) is 0 Å². The van der Waals surface area contributed by atoms with E-state index in [-0.39, 0.29) is 0 Å². The van der Waals surface area contributed by atoms with Crippen LogP contribution in [0.5, 0.6) is 0 Å². The quantitative estimate of drug-likeness (QED) is 0.910. The predicted octanol–water partition coefficient (Wildman–Crippen LogP) is 3.69. The van der Waals surface area contributed by atoms with E-state index in [1.807, 2.05) is 12.1 Å². The van der Waals surface area contributed by atoms with E-state index < -0.39 is 0 Å². The molecule has 1 aromatic rings. The number of nitrogens with one attached hydrogen (secondary N) is 1. The van der Waals surface area contributed by atoms with Crippen molar-refractivity contribution in [3.63, 3.8) is 0 Å². The highest BCUT2D eigenvalue weighted by Crippen LogP contribution is 2.33. The molecule has 3 rings (SSSR count). The second-order valence-corrected chi connectivity index (χ2v) is 7.01. The Hall–Kier alpha value is -0.570. The molecule has 1 aliphatic heterocycles. The summed E-state index contributed by atoms with van der Waals surface area (Å²) in [5, 5.41) is 4.67. The van der Waals surface area contributed by atoms with Crippen molar-refractivity contribution in [2.45, 2.75) is 50.7 Å². The van der Waals surface area contributed by atoms with Gasteiger partial charge in [-0.15, -0.1) is 0 Å². The first-order valence-corrected chi connectivity index (χ1v) is 8.27. The van der Waals surface area contributed by atoms with Crippen LogP contribution >= 0.6 is 11.6 Å². The van der Waals surface area contributed by atoms with Crippen molar-refractivity contribution >= 4 is 11.6 Å². The monoisotopic (exact) mass is 292 g/mol. The molecular weight excluding hydrogens is 268 g/mol. The van der Waals surface area contributed by atoms with Crippen LogP contribution in [0, 0.1) is 5.92 Å². The molecule has 110 valence electrons. The minimum absolute atomic E-state index is 0.681. The first kappa shape index (κ1) is 14.4. The molecule has 2 fully saturated rings. The Balaban J connectivity index is 1.49. The summed E-state index contributed by atoms with van der Waals surface area (Å²) >= 11 is 5.93. The third kappa shape index (κ3) is 3.55. The lowest BCUT2D eigenvalue weighted by Crippen LogP contribution is -2.39. The van der Waals surface area contributed by atoms with Crippen LogP contribution in [0.1, 0.15) is 37.7 Å². The number of benzene rings is 1. The minimum Gasteiger partial charge on any atom is -0.310 e. The summed E-state index contributed by atoms with van der Waals surface area (Å²) in [6, 6.07) is 9.69. The van der Waals surface area contributed by atoms with Crippen LogP contribution in [0.25, 0.3) is 0 Å². The Morgan fingerprint density at radius 2 is 1.95 bits per heavy atom. The lowest BCUT2D eigenvalue weighted by Gasteiger charge is -2.24. The summed E-state index contributed by atoms with van der Waals surface area (Å²) in [7, 11) is 2.22. The van der Waals surface area contributed by atoms with Crippen molar-refractivity contribution in [2.24, 2.45) is 5.92 Å².